The highest BCUT2D eigenvalue weighted by atomic mass is 32.1. The summed E-state index contributed by atoms with van der Waals surface area (Å²) in [5, 5.41) is 11.9. The first-order valence-corrected chi connectivity index (χ1v) is 6.78. The zero-order valence-corrected chi connectivity index (χ0v) is 11.2. The summed E-state index contributed by atoms with van der Waals surface area (Å²) in [6.07, 6.45) is 0.124. The van der Waals surface area contributed by atoms with Crippen LogP contribution >= 0.6 is 11.3 Å². The number of likely N-dealkylation sites (tertiary alicyclic amines) is 1. The van der Waals surface area contributed by atoms with Gasteiger partial charge >= 0.3 is 5.97 Å². The Labute approximate surface area is 109 Å². The largest absolute Gasteiger partial charge is 0.481 e. The van der Waals surface area contributed by atoms with E-state index >= 15 is 0 Å². The van der Waals surface area contributed by atoms with E-state index in [4.69, 9.17) is 5.11 Å². The van der Waals surface area contributed by atoms with E-state index in [-0.39, 0.29) is 18.2 Å². The van der Waals surface area contributed by atoms with Crippen molar-refractivity contribution in [2.45, 2.75) is 26.2 Å². The molecular weight excluding hydrogens is 252 g/mol. The Morgan fingerprint density at radius 2 is 2.44 bits per heavy atom. The Morgan fingerprint density at radius 3 is 2.94 bits per heavy atom. The Hall–Kier alpha value is -1.43. The summed E-state index contributed by atoms with van der Waals surface area (Å²) in [4.78, 5) is 28.6. The molecule has 1 N–H and O–H groups in total. The van der Waals surface area contributed by atoms with Crippen LogP contribution in [0.5, 0.6) is 0 Å². The zero-order chi connectivity index (χ0) is 13.3. The molecule has 0 spiro atoms. The van der Waals surface area contributed by atoms with E-state index in [1.54, 1.807) is 16.2 Å². The second kappa shape index (κ2) is 5.06. The number of rotatable bonds is 4. The Kier molecular flexibility index (Phi) is 3.65. The molecule has 18 heavy (non-hydrogen) atoms. The number of carboxylic acids is 1. The third-order valence-corrected chi connectivity index (χ3v) is 4.31. The lowest BCUT2D eigenvalue weighted by Gasteiger charge is -2.19. The number of carboxylic acid groups (broad SMARTS) is 1. The van der Waals surface area contributed by atoms with Gasteiger partial charge in [0.05, 0.1) is 10.9 Å². The summed E-state index contributed by atoms with van der Waals surface area (Å²) in [5.74, 6) is -1.35. The molecule has 2 atom stereocenters. The Balaban J connectivity index is 1.98. The van der Waals surface area contributed by atoms with Gasteiger partial charge in [0, 0.05) is 36.5 Å². The van der Waals surface area contributed by atoms with Crippen molar-refractivity contribution in [1.82, 2.24) is 9.88 Å². The molecule has 2 unspecified atom stereocenters. The zero-order valence-electron chi connectivity index (χ0n) is 10.4. The van der Waals surface area contributed by atoms with Gasteiger partial charge in [-0.2, -0.15) is 0 Å². The van der Waals surface area contributed by atoms with Crippen LogP contribution in [-0.4, -0.2) is 40.0 Å². The van der Waals surface area contributed by atoms with Crippen molar-refractivity contribution < 1.29 is 14.7 Å². The number of carbonyl (C=O) groups excluding carboxylic acids is 1. The van der Waals surface area contributed by atoms with Crippen LogP contribution in [0.1, 0.15) is 30.0 Å². The number of aromatic nitrogens is 1. The van der Waals surface area contributed by atoms with Crippen molar-refractivity contribution in [2.24, 2.45) is 5.92 Å². The molecule has 0 aliphatic carbocycles. The average Bonchev–Trinajstić information content (AvgIpc) is 2.86. The number of hydrogen-bond donors (Lipinski definition) is 1. The van der Waals surface area contributed by atoms with Crippen molar-refractivity contribution in [3.8, 4) is 0 Å². The minimum atomic E-state index is -0.886. The number of aliphatic carboxylic acids is 1. The highest BCUT2D eigenvalue weighted by Crippen LogP contribution is 2.25. The van der Waals surface area contributed by atoms with Gasteiger partial charge < -0.3 is 10.0 Å². The fraction of sp³-hybridized carbons (Fsp3) is 0.583. The molecule has 1 aromatic heterocycles. The lowest BCUT2D eigenvalue weighted by atomic mass is 10.1. The molecule has 2 heterocycles. The van der Waals surface area contributed by atoms with Crippen molar-refractivity contribution >= 4 is 23.2 Å². The van der Waals surface area contributed by atoms with Gasteiger partial charge in [0.1, 0.15) is 0 Å². The molecule has 1 saturated heterocycles. The molecule has 6 heteroatoms. The predicted molar refractivity (Wildman–Crippen MR) is 67.6 cm³/mol. The molecule has 1 aliphatic rings. The van der Waals surface area contributed by atoms with Crippen LogP contribution < -0.4 is 0 Å². The summed E-state index contributed by atoms with van der Waals surface area (Å²) in [6, 6.07) is 0. The first kappa shape index (κ1) is 13.0. The van der Waals surface area contributed by atoms with Crippen LogP contribution in [0.4, 0.5) is 0 Å². The molecule has 1 amide bonds. The molecule has 98 valence electrons. The molecule has 2 rings (SSSR count). The second-order valence-corrected chi connectivity index (χ2v) is 5.66. The van der Waals surface area contributed by atoms with Crippen molar-refractivity contribution in [3.63, 3.8) is 0 Å². The second-order valence-electron chi connectivity index (χ2n) is 4.77. The van der Waals surface area contributed by atoms with E-state index in [9.17, 15) is 9.59 Å². The fourth-order valence-electron chi connectivity index (χ4n) is 2.12. The summed E-state index contributed by atoms with van der Waals surface area (Å²) in [5.41, 5.74) is 0.984. The minimum absolute atomic E-state index is 0.0671. The van der Waals surface area contributed by atoms with Crippen LogP contribution in [0.25, 0.3) is 0 Å². The number of nitrogens with zero attached hydrogens (tertiary/aromatic N) is 2. The smallest absolute Gasteiger partial charge is 0.308 e. The van der Waals surface area contributed by atoms with Gasteiger partial charge in [-0.05, 0) is 6.92 Å². The molecule has 0 radical (unpaired) electrons. The number of amides is 1. The number of aryl methyl sites for hydroxylation is 1. The maximum atomic E-state index is 11.7. The molecule has 1 aromatic rings. The van der Waals surface area contributed by atoms with Crippen LogP contribution in [0.15, 0.2) is 5.38 Å². The highest BCUT2D eigenvalue weighted by molar-refractivity contribution is 7.09. The Morgan fingerprint density at radius 1 is 1.72 bits per heavy atom. The standard InChI is InChI=1S/C12H16N2O3S/c1-7(11-13-8(2)6-18-11)4-14-5-9(12(16)17)3-10(14)15/h6-7,9H,3-5H2,1-2H3,(H,16,17). The number of thiazole rings is 1. The highest BCUT2D eigenvalue weighted by Gasteiger charge is 2.35. The van der Waals surface area contributed by atoms with Gasteiger partial charge in [-0.3, -0.25) is 9.59 Å². The third kappa shape index (κ3) is 2.69. The maximum absolute atomic E-state index is 11.7. The molecule has 0 saturated carbocycles. The van der Waals surface area contributed by atoms with Crippen LogP contribution in [0.3, 0.4) is 0 Å². The monoisotopic (exact) mass is 268 g/mol. The lowest BCUT2D eigenvalue weighted by molar-refractivity contribution is -0.141. The molecule has 5 nitrogen and oxygen atoms in total. The van der Waals surface area contributed by atoms with Crippen LogP contribution in [-0.2, 0) is 9.59 Å². The van der Waals surface area contributed by atoms with Crippen molar-refractivity contribution in [2.75, 3.05) is 13.1 Å². The normalized spacial score (nSPS) is 21.3. The van der Waals surface area contributed by atoms with Gasteiger partial charge in [-0.1, -0.05) is 6.92 Å². The average molecular weight is 268 g/mol. The Bertz CT molecular complexity index is 472. The van der Waals surface area contributed by atoms with Gasteiger partial charge in [-0.25, -0.2) is 4.98 Å². The van der Waals surface area contributed by atoms with E-state index in [1.165, 1.54) is 0 Å². The summed E-state index contributed by atoms with van der Waals surface area (Å²) in [6.45, 7) is 4.83. The van der Waals surface area contributed by atoms with E-state index in [1.807, 2.05) is 19.2 Å². The third-order valence-electron chi connectivity index (χ3n) is 3.12. The number of hydrogen-bond acceptors (Lipinski definition) is 4. The summed E-state index contributed by atoms with van der Waals surface area (Å²) in [7, 11) is 0. The van der Waals surface area contributed by atoms with Crippen LogP contribution in [0.2, 0.25) is 0 Å². The van der Waals surface area contributed by atoms with E-state index in [0.29, 0.717) is 13.1 Å². The fourth-order valence-corrected chi connectivity index (χ4v) is 2.97. The molecule has 0 bridgehead atoms. The quantitative estimate of drug-likeness (QED) is 0.898. The molecule has 1 fully saturated rings. The van der Waals surface area contributed by atoms with Crippen LogP contribution in [0, 0.1) is 12.8 Å². The van der Waals surface area contributed by atoms with Gasteiger partial charge in [0.15, 0.2) is 0 Å². The summed E-state index contributed by atoms with van der Waals surface area (Å²) < 4.78 is 0. The predicted octanol–water partition coefficient (Wildman–Crippen LogP) is 1.49. The van der Waals surface area contributed by atoms with Gasteiger partial charge in [0.2, 0.25) is 5.91 Å². The minimum Gasteiger partial charge on any atom is -0.481 e. The van der Waals surface area contributed by atoms with E-state index < -0.39 is 11.9 Å². The van der Waals surface area contributed by atoms with E-state index in [0.717, 1.165) is 10.7 Å². The maximum Gasteiger partial charge on any atom is 0.308 e. The molecule has 1 aliphatic heterocycles. The molecule has 0 aromatic carbocycles. The summed E-state index contributed by atoms with van der Waals surface area (Å²) >= 11 is 1.58. The SMILES string of the molecule is Cc1csc(C(C)CN2CC(C(=O)O)CC2=O)n1. The first-order chi connectivity index (χ1) is 8.47. The first-order valence-electron chi connectivity index (χ1n) is 5.90. The molecular formula is C12H16N2O3S. The van der Waals surface area contributed by atoms with Gasteiger partial charge in [-0.15, -0.1) is 11.3 Å². The van der Waals surface area contributed by atoms with Gasteiger partial charge in [0.25, 0.3) is 0 Å². The van der Waals surface area contributed by atoms with E-state index in [2.05, 4.69) is 4.98 Å². The van der Waals surface area contributed by atoms with Crippen molar-refractivity contribution in [3.05, 3.63) is 16.1 Å². The lowest BCUT2D eigenvalue weighted by Crippen LogP contribution is -2.30. The topological polar surface area (TPSA) is 70.5 Å². The number of carbonyl (C=O) groups is 2. The van der Waals surface area contributed by atoms with Crippen molar-refractivity contribution in [1.29, 1.82) is 0 Å².